The van der Waals surface area contributed by atoms with Crippen molar-refractivity contribution in [3.63, 3.8) is 0 Å². The fourth-order valence-corrected chi connectivity index (χ4v) is 2.15. The fourth-order valence-electron chi connectivity index (χ4n) is 2.15. The van der Waals surface area contributed by atoms with E-state index < -0.39 is 5.54 Å². The smallest absolute Gasteiger partial charge is 0.240 e. The Kier molecular flexibility index (Phi) is 3.23. The van der Waals surface area contributed by atoms with E-state index in [0.717, 1.165) is 31.5 Å². The van der Waals surface area contributed by atoms with E-state index in [2.05, 4.69) is 28.9 Å². The monoisotopic (exact) mass is 238 g/mol. The van der Waals surface area contributed by atoms with Crippen LogP contribution in [0.5, 0.6) is 0 Å². The lowest BCUT2D eigenvalue weighted by Crippen LogP contribution is -2.30. The predicted octanol–water partition coefficient (Wildman–Crippen LogP) is 1.35. The van der Waals surface area contributed by atoms with Gasteiger partial charge in [-0.05, 0) is 25.7 Å². The van der Waals surface area contributed by atoms with Crippen LogP contribution in [-0.4, -0.2) is 28.1 Å². The van der Waals surface area contributed by atoms with Crippen molar-refractivity contribution in [1.29, 1.82) is 0 Å². The van der Waals surface area contributed by atoms with Gasteiger partial charge in [-0.25, -0.2) is 0 Å². The van der Waals surface area contributed by atoms with Crippen LogP contribution in [0.4, 0.5) is 0 Å². The topological polar surface area (TPSA) is 68.2 Å². The maximum absolute atomic E-state index is 5.92. The van der Waals surface area contributed by atoms with Crippen molar-refractivity contribution >= 4 is 0 Å². The van der Waals surface area contributed by atoms with Crippen LogP contribution in [0.3, 0.4) is 0 Å². The molecule has 5 nitrogen and oxygen atoms in total. The number of hydrogen-bond donors (Lipinski definition) is 1. The van der Waals surface area contributed by atoms with Gasteiger partial charge in [0, 0.05) is 13.1 Å². The third-order valence-electron chi connectivity index (χ3n) is 3.47. The molecule has 0 amide bonds. The zero-order valence-corrected chi connectivity index (χ0v) is 11.1. The Morgan fingerprint density at radius 2 is 1.94 bits per heavy atom. The van der Waals surface area contributed by atoms with E-state index in [1.807, 2.05) is 13.8 Å². The van der Waals surface area contributed by atoms with Gasteiger partial charge in [-0.1, -0.05) is 19.0 Å². The van der Waals surface area contributed by atoms with Crippen molar-refractivity contribution in [2.45, 2.75) is 39.8 Å². The lowest BCUT2D eigenvalue weighted by molar-refractivity contribution is 0.258. The third kappa shape index (κ3) is 2.84. The Morgan fingerprint density at radius 3 is 2.41 bits per heavy atom. The van der Waals surface area contributed by atoms with Gasteiger partial charge >= 0.3 is 0 Å². The molecule has 1 aromatic heterocycles. The van der Waals surface area contributed by atoms with Crippen molar-refractivity contribution in [2.75, 3.05) is 13.1 Å². The molecule has 0 radical (unpaired) electrons. The molecule has 2 N–H and O–H groups in total. The fraction of sp³-hybridized carbons (Fsp3) is 0.833. The number of aromatic nitrogens is 2. The number of likely N-dealkylation sites (tertiary alicyclic amines) is 1. The Hall–Kier alpha value is -0.940. The molecule has 2 rings (SSSR count). The second-order valence-corrected chi connectivity index (χ2v) is 5.88. The lowest BCUT2D eigenvalue weighted by Gasteiger charge is -2.12. The van der Waals surface area contributed by atoms with Gasteiger partial charge in [0.1, 0.15) is 0 Å². The number of nitrogens with two attached hydrogens (primary N) is 1. The first-order chi connectivity index (χ1) is 7.86. The zero-order chi connectivity index (χ0) is 12.6. The van der Waals surface area contributed by atoms with Crippen LogP contribution in [-0.2, 0) is 12.1 Å². The first-order valence-corrected chi connectivity index (χ1v) is 6.20. The van der Waals surface area contributed by atoms with Crippen LogP contribution in [0.15, 0.2) is 4.52 Å². The molecule has 1 aliphatic rings. The zero-order valence-electron chi connectivity index (χ0n) is 11.1. The Bertz CT molecular complexity index is 372. The van der Waals surface area contributed by atoms with Gasteiger partial charge in [-0.2, -0.15) is 4.98 Å². The highest BCUT2D eigenvalue weighted by molar-refractivity contribution is 4.99. The van der Waals surface area contributed by atoms with Gasteiger partial charge in [0.15, 0.2) is 5.82 Å². The maximum atomic E-state index is 5.92. The molecule has 2 heterocycles. The van der Waals surface area contributed by atoms with Crippen molar-refractivity contribution < 1.29 is 4.52 Å². The minimum Gasteiger partial charge on any atom is -0.338 e. The largest absolute Gasteiger partial charge is 0.338 e. The van der Waals surface area contributed by atoms with Crippen molar-refractivity contribution in [3.05, 3.63) is 11.7 Å². The summed E-state index contributed by atoms with van der Waals surface area (Å²) in [5, 5.41) is 3.93. The molecule has 1 saturated heterocycles. The van der Waals surface area contributed by atoms with E-state index in [9.17, 15) is 0 Å². The summed E-state index contributed by atoms with van der Waals surface area (Å²) < 4.78 is 5.24. The summed E-state index contributed by atoms with van der Waals surface area (Å²) in [6.45, 7) is 11.3. The van der Waals surface area contributed by atoms with E-state index in [1.165, 1.54) is 0 Å². The minimum atomic E-state index is -0.534. The van der Waals surface area contributed by atoms with E-state index in [1.54, 1.807) is 0 Å². The van der Waals surface area contributed by atoms with E-state index in [-0.39, 0.29) is 0 Å². The van der Waals surface area contributed by atoms with E-state index in [4.69, 9.17) is 10.3 Å². The first-order valence-electron chi connectivity index (χ1n) is 6.20. The van der Waals surface area contributed by atoms with Crippen LogP contribution in [0.25, 0.3) is 0 Å². The highest BCUT2D eigenvalue weighted by Gasteiger charge is 2.28. The molecule has 0 aliphatic carbocycles. The quantitative estimate of drug-likeness (QED) is 0.861. The van der Waals surface area contributed by atoms with Crippen LogP contribution >= 0.6 is 0 Å². The summed E-state index contributed by atoms with van der Waals surface area (Å²) >= 11 is 0. The van der Waals surface area contributed by atoms with E-state index in [0.29, 0.717) is 11.7 Å². The molecule has 0 saturated carbocycles. The molecule has 0 aromatic carbocycles. The second-order valence-electron chi connectivity index (χ2n) is 5.88. The molecule has 2 atom stereocenters. The average molecular weight is 238 g/mol. The van der Waals surface area contributed by atoms with E-state index >= 15 is 0 Å². The molecule has 17 heavy (non-hydrogen) atoms. The van der Waals surface area contributed by atoms with Crippen LogP contribution in [0.1, 0.15) is 39.4 Å². The summed E-state index contributed by atoms with van der Waals surface area (Å²) in [7, 11) is 0. The number of nitrogens with zero attached hydrogens (tertiary/aromatic N) is 3. The molecule has 0 bridgehead atoms. The summed E-state index contributed by atoms with van der Waals surface area (Å²) in [6.07, 6.45) is 0. The molecule has 1 aromatic rings. The van der Waals surface area contributed by atoms with Gasteiger partial charge < -0.3 is 10.3 Å². The van der Waals surface area contributed by atoms with Gasteiger partial charge in [0.2, 0.25) is 5.89 Å². The van der Waals surface area contributed by atoms with Gasteiger partial charge in [-0.3, -0.25) is 4.90 Å². The second kappa shape index (κ2) is 4.38. The SMILES string of the molecule is CC1CN(Cc2nc(C(C)(C)N)no2)CC1C. The average Bonchev–Trinajstić information content (AvgIpc) is 2.75. The minimum absolute atomic E-state index is 0.534. The summed E-state index contributed by atoms with van der Waals surface area (Å²) in [6, 6.07) is 0. The lowest BCUT2D eigenvalue weighted by atomic mass is 10.0. The summed E-state index contributed by atoms with van der Waals surface area (Å²) in [4.78, 5) is 6.71. The molecule has 2 unspecified atom stereocenters. The molecule has 1 fully saturated rings. The molecule has 0 spiro atoms. The first kappa shape index (κ1) is 12.5. The molecular weight excluding hydrogens is 216 g/mol. The number of rotatable bonds is 3. The molecular formula is C12H22N4O. The summed E-state index contributed by atoms with van der Waals surface area (Å²) in [5.41, 5.74) is 5.39. The third-order valence-corrected chi connectivity index (χ3v) is 3.47. The van der Waals surface area contributed by atoms with Crippen LogP contribution < -0.4 is 5.73 Å². The van der Waals surface area contributed by atoms with Gasteiger partial charge in [-0.15, -0.1) is 0 Å². The Labute approximate surface area is 102 Å². The van der Waals surface area contributed by atoms with Crippen molar-refractivity contribution in [2.24, 2.45) is 17.6 Å². The summed E-state index contributed by atoms with van der Waals surface area (Å²) in [5.74, 6) is 2.72. The molecule has 96 valence electrons. The van der Waals surface area contributed by atoms with Crippen molar-refractivity contribution in [1.82, 2.24) is 15.0 Å². The standard InChI is InChI=1S/C12H22N4O/c1-8-5-16(6-9(8)2)7-10-14-11(15-17-10)12(3,4)13/h8-9H,5-7,13H2,1-4H3. The predicted molar refractivity (Wildman–Crippen MR) is 65.1 cm³/mol. The Balaban J connectivity index is 1.98. The highest BCUT2D eigenvalue weighted by Crippen LogP contribution is 2.23. The van der Waals surface area contributed by atoms with Gasteiger partial charge in [0.05, 0.1) is 12.1 Å². The Morgan fingerprint density at radius 1 is 1.35 bits per heavy atom. The van der Waals surface area contributed by atoms with Crippen LogP contribution in [0.2, 0.25) is 0 Å². The number of hydrogen-bond acceptors (Lipinski definition) is 5. The normalized spacial score (nSPS) is 26.6. The van der Waals surface area contributed by atoms with Crippen molar-refractivity contribution in [3.8, 4) is 0 Å². The maximum Gasteiger partial charge on any atom is 0.240 e. The highest BCUT2D eigenvalue weighted by atomic mass is 16.5. The van der Waals surface area contributed by atoms with Crippen LogP contribution in [0, 0.1) is 11.8 Å². The molecule has 5 heteroatoms. The van der Waals surface area contributed by atoms with Gasteiger partial charge in [0.25, 0.3) is 0 Å². The molecule has 1 aliphatic heterocycles.